The molecule has 0 bridgehead atoms. The van der Waals surface area contributed by atoms with Gasteiger partial charge in [-0.15, -0.1) is 0 Å². The predicted molar refractivity (Wildman–Crippen MR) is 65.1 cm³/mol. The number of halogens is 1. The third kappa shape index (κ3) is 4.54. The molecule has 2 unspecified atom stereocenters. The zero-order valence-electron chi connectivity index (χ0n) is 9.51. The minimum atomic E-state index is 0.0210. The van der Waals surface area contributed by atoms with E-state index in [2.05, 4.69) is 15.9 Å². The summed E-state index contributed by atoms with van der Waals surface area (Å²) in [7, 11) is 0. The van der Waals surface area contributed by atoms with Crippen LogP contribution in [0.4, 0.5) is 0 Å². The normalized spacial score (nSPS) is 27.9. The first-order valence-corrected chi connectivity index (χ1v) is 7.12. The van der Waals surface area contributed by atoms with Crippen molar-refractivity contribution in [1.29, 1.82) is 0 Å². The molecule has 0 saturated heterocycles. The van der Waals surface area contributed by atoms with Crippen molar-refractivity contribution in [3.8, 4) is 0 Å². The molecule has 1 fully saturated rings. The Bertz CT molecular complexity index is 194. The summed E-state index contributed by atoms with van der Waals surface area (Å²) in [6.07, 6.45) is 6.93. The molecule has 3 heteroatoms. The molecule has 0 aromatic carbocycles. The highest BCUT2D eigenvalue weighted by Gasteiger charge is 2.23. The molecule has 0 amide bonds. The molecule has 1 aliphatic rings. The fourth-order valence-electron chi connectivity index (χ4n) is 2.20. The van der Waals surface area contributed by atoms with Gasteiger partial charge in [0, 0.05) is 5.33 Å². The van der Waals surface area contributed by atoms with Gasteiger partial charge >= 0.3 is 5.97 Å². The van der Waals surface area contributed by atoms with Crippen LogP contribution in [0, 0.1) is 11.8 Å². The molecule has 0 N–H and O–H groups in total. The minimum Gasteiger partial charge on any atom is -0.466 e. The van der Waals surface area contributed by atoms with Crippen LogP contribution < -0.4 is 0 Å². The van der Waals surface area contributed by atoms with E-state index in [1.54, 1.807) is 0 Å². The number of carbonyl (C=O) groups excluding carboxylic acids is 1. The SMILES string of the molecule is CCOC(=O)C1CCCCC(CBr)CC1. The highest BCUT2D eigenvalue weighted by Crippen LogP contribution is 2.27. The topological polar surface area (TPSA) is 26.3 Å². The minimum absolute atomic E-state index is 0.0210. The van der Waals surface area contributed by atoms with Gasteiger partial charge in [0.2, 0.25) is 0 Å². The Labute approximate surface area is 101 Å². The number of hydrogen-bond acceptors (Lipinski definition) is 2. The van der Waals surface area contributed by atoms with E-state index in [4.69, 9.17) is 4.74 Å². The summed E-state index contributed by atoms with van der Waals surface area (Å²) in [6.45, 7) is 2.39. The third-order valence-corrected chi connectivity index (χ3v) is 4.09. The molecule has 0 aromatic rings. The first-order chi connectivity index (χ1) is 7.27. The van der Waals surface area contributed by atoms with E-state index < -0.39 is 0 Å². The third-order valence-electron chi connectivity index (χ3n) is 3.18. The van der Waals surface area contributed by atoms with Gasteiger partial charge in [-0.25, -0.2) is 0 Å². The molecular weight excluding hydrogens is 256 g/mol. The van der Waals surface area contributed by atoms with Crippen molar-refractivity contribution in [3.05, 3.63) is 0 Å². The van der Waals surface area contributed by atoms with E-state index >= 15 is 0 Å². The molecule has 0 spiro atoms. The quantitative estimate of drug-likeness (QED) is 0.582. The lowest BCUT2D eigenvalue weighted by Crippen LogP contribution is -2.21. The second-order valence-electron chi connectivity index (χ2n) is 4.33. The maximum absolute atomic E-state index is 11.6. The number of carbonyl (C=O) groups is 1. The van der Waals surface area contributed by atoms with Gasteiger partial charge in [0.05, 0.1) is 12.5 Å². The Kier molecular flexibility index (Phi) is 6.30. The van der Waals surface area contributed by atoms with E-state index in [0.29, 0.717) is 6.61 Å². The van der Waals surface area contributed by atoms with Gasteiger partial charge in [0.25, 0.3) is 0 Å². The summed E-state index contributed by atoms with van der Waals surface area (Å²) in [5.74, 6) is 0.932. The largest absolute Gasteiger partial charge is 0.466 e. The monoisotopic (exact) mass is 276 g/mol. The summed E-state index contributed by atoms with van der Waals surface area (Å²) in [5, 5.41) is 1.07. The maximum Gasteiger partial charge on any atom is 0.308 e. The molecule has 0 aliphatic heterocycles. The first kappa shape index (κ1) is 13.0. The Morgan fingerprint density at radius 1 is 1.27 bits per heavy atom. The van der Waals surface area contributed by atoms with Crippen LogP contribution in [0.2, 0.25) is 0 Å². The van der Waals surface area contributed by atoms with Crippen LogP contribution in [0.3, 0.4) is 0 Å². The van der Waals surface area contributed by atoms with Crippen molar-refractivity contribution in [1.82, 2.24) is 0 Å². The Hall–Kier alpha value is -0.0500. The van der Waals surface area contributed by atoms with Gasteiger partial charge in [-0.2, -0.15) is 0 Å². The highest BCUT2D eigenvalue weighted by molar-refractivity contribution is 9.09. The zero-order chi connectivity index (χ0) is 11.1. The molecule has 0 aromatic heterocycles. The highest BCUT2D eigenvalue weighted by atomic mass is 79.9. The molecule has 1 aliphatic carbocycles. The summed E-state index contributed by atoms with van der Waals surface area (Å²) >= 11 is 3.54. The molecule has 0 heterocycles. The van der Waals surface area contributed by atoms with Crippen molar-refractivity contribution >= 4 is 21.9 Å². The Morgan fingerprint density at radius 2 is 2.00 bits per heavy atom. The lowest BCUT2D eigenvalue weighted by atomic mass is 9.86. The van der Waals surface area contributed by atoms with Gasteiger partial charge < -0.3 is 4.74 Å². The maximum atomic E-state index is 11.6. The van der Waals surface area contributed by atoms with E-state index in [9.17, 15) is 4.79 Å². The molecule has 88 valence electrons. The number of alkyl halides is 1. The fraction of sp³-hybridized carbons (Fsp3) is 0.917. The molecule has 15 heavy (non-hydrogen) atoms. The van der Waals surface area contributed by atoms with Gasteiger partial charge in [0.1, 0.15) is 0 Å². The fourth-order valence-corrected chi connectivity index (χ4v) is 2.85. The number of esters is 1. The van der Waals surface area contributed by atoms with Crippen LogP contribution in [0.5, 0.6) is 0 Å². The Morgan fingerprint density at radius 3 is 2.67 bits per heavy atom. The van der Waals surface area contributed by atoms with Crippen LogP contribution in [0.25, 0.3) is 0 Å². The van der Waals surface area contributed by atoms with Gasteiger partial charge in [-0.05, 0) is 38.5 Å². The zero-order valence-corrected chi connectivity index (χ0v) is 11.1. The van der Waals surface area contributed by atoms with E-state index in [1.807, 2.05) is 6.92 Å². The summed E-state index contributed by atoms with van der Waals surface area (Å²) in [4.78, 5) is 11.6. The average molecular weight is 277 g/mol. The van der Waals surface area contributed by atoms with Crippen LogP contribution in [-0.2, 0) is 9.53 Å². The standard InChI is InChI=1S/C12H21BrO2/c1-2-15-12(14)11-6-4-3-5-10(9-13)7-8-11/h10-11H,2-9H2,1H3. The van der Waals surface area contributed by atoms with Crippen molar-refractivity contribution in [2.24, 2.45) is 11.8 Å². The number of rotatable bonds is 3. The predicted octanol–water partition coefficient (Wildman–Crippen LogP) is 3.53. The second kappa shape index (κ2) is 7.26. The van der Waals surface area contributed by atoms with Gasteiger partial charge in [-0.1, -0.05) is 28.8 Å². The van der Waals surface area contributed by atoms with Crippen molar-refractivity contribution < 1.29 is 9.53 Å². The number of ether oxygens (including phenoxy) is 1. The van der Waals surface area contributed by atoms with Gasteiger partial charge in [0.15, 0.2) is 0 Å². The van der Waals surface area contributed by atoms with E-state index in [-0.39, 0.29) is 11.9 Å². The van der Waals surface area contributed by atoms with Crippen LogP contribution in [-0.4, -0.2) is 17.9 Å². The molecule has 1 saturated carbocycles. The van der Waals surface area contributed by atoms with Crippen LogP contribution >= 0.6 is 15.9 Å². The van der Waals surface area contributed by atoms with Crippen molar-refractivity contribution in [2.45, 2.75) is 45.4 Å². The molecular formula is C12H21BrO2. The first-order valence-electron chi connectivity index (χ1n) is 6.00. The molecule has 0 radical (unpaired) electrons. The Balaban J connectivity index is 2.40. The summed E-state index contributed by atoms with van der Waals surface area (Å²) in [6, 6.07) is 0. The van der Waals surface area contributed by atoms with Gasteiger partial charge in [-0.3, -0.25) is 4.79 Å². The van der Waals surface area contributed by atoms with Crippen molar-refractivity contribution in [3.63, 3.8) is 0 Å². The van der Waals surface area contributed by atoms with Crippen LogP contribution in [0.15, 0.2) is 0 Å². The molecule has 2 atom stereocenters. The average Bonchev–Trinajstić information content (AvgIpc) is 2.18. The van der Waals surface area contributed by atoms with Crippen LogP contribution in [0.1, 0.15) is 45.4 Å². The lowest BCUT2D eigenvalue weighted by molar-refractivity contribution is -0.148. The molecule has 2 nitrogen and oxygen atoms in total. The van der Waals surface area contributed by atoms with E-state index in [0.717, 1.165) is 30.5 Å². The van der Waals surface area contributed by atoms with Crippen molar-refractivity contribution in [2.75, 3.05) is 11.9 Å². The lowest BCUT2D eigenvalue weighted by Gasteiger charge is -2.22. The summed E-state index contributed by atoms with van der Waals surface area (Å²) in [5.41, 5.74) is 0. The number of hydrogen-bond donors (Lipinski definition) is 0. The summed E-state index contributed by atoms with van der Waals surface area (Å²) < 4.78 is 5.10. The molecule has 1 rings (SSSR count). The second-order valence-corrected chi connectivity index (χ2v) is 4.98. The van der Waals surface area contributed by atoms with E-state index in [1.165, 1.54) is 19.3 Å². The smallest absolute Gasteiger partial charge is 0.308 e.